The average molecular weight is 179 g/mol. The normalized spacial score (nSPS) is 14.9. The fraction of sp³-hybridized carbons (Fsp3) is 0.125. The first-order valence-corrected chi connectivity index (χ1v) is 4.65. The van der Waals surface area contributed by atoms with E-state index >= 15 is 0 Å². The summed E-state index contributed by atoms with van der Waals surface area (Å²) in [6.07, 6.45) is 0. The van der Waals surface area contributed by atoms with Gasteiger partial charge in [-0.1, -0.05) is 12.1 Å². The highest BCUT2D eigenvalue weighted by Gasteiger charge is 2.09. The van der Waals surface area contributed by atoms with Gasteiger partial charge in [-0.2, -0.15) is 0 Å². The number of hydrogen-bond donors (Lipinski definition) is 2. The quantitative estimate of drug-likeness (QED) is 0.466. The van der Waals surface area contributed by atoms with E-state index < -0.39 is 0 Å². The molecule has 0 bridgehead atoms. The predicted molar refractivity (Wildman–Crippen MR) is 51.6 cm³/mol. The van der Waals surface area contributed by atoms with Crippen LogP contribution in [0.4, 0.5) is 5.69 Å². The van der Waals surface area contributed by atoms with Crippen molar-refractivity contribution in [2.75, 3.05) is 5.75 Å². The summed E-state index contributed by atoms with van der Waals surface area (Å²) < 4.78 is 0. The third-order valence-corrected chi connectivity index (χ3v) is 2.73. The second-order valence-corrected chi connectivity index (χ2v) is 3.48. The van der Waals surface area contributed by atoms with E-state index in [9.17, 15) is 0 Å². The Kier molecular flexibility index (Phi) is 2.01. The monoisotopic (exact) mass is 179 g/mol. The van der Waals surface area contributed by atoms with Crippen LogP contribution in [0.5, 0.6) is 0 Å². The third kappa shape index (κ3) is 1.31. The maximum Gasteiger partial charge on any atom is 0.127 e. The Balaban J connectivity index is 2.41. The molecular formula is C8H9N3S. The first-order valence-electron chi connectivity index (χ1n) is 3.66. The maximum absolute atomic E-state index is 5.27. The van der Waals surface area contributed by atoms with Gasteiger partial charge in [0.2, 0.25) is 0 Å². The number of hydrazine groups is 1. The Labute approximate surface area is 75.0 Å². The van der Waals surface area contributed by atoms with E-state index in [0.717, 1.165) is 17.3 Å². The lowest BCUT2D eigenvalue weighted by Gasteiger charge is -2.13. The first-order chi connectivity index (χ1) is 5.90. The molecule has 0 unspecified atom stereocenters. The topological polar surface area (TPSA) is 50.4 Å². The molecule has 0 atom stereocenters. The molecule has 0 spiro atoms. The molecule has 0 aliphatic carbocycles. The van der Waals surface area contributed by atoms with Crippen LogP contribution in [-0.2, 0) is 0 Å². The Hall–Kier alpha value is -1.00. The first kappa shape index (κ1) is 7.64. The standard InChI is InChI=1S/C8H9N3S/c9-11-8-5-12-7-4-2-1-3-6(7)10-8/h1-4H,5,9H2,(H,10,11). The van der Waals surface area contributed by atoms with Crippen molar-refractivity contribution < 1.29 is 0 Å². The van der Waals surface area contributed by atoms with Crippen molar-refractivity contribution in [2.24, 2.45) is 10.8 Å². The SMILES string of the molecule is NNC1=Nc2ccccc2SC1. The highest BCUT2D eigenvalue weighted by atomic mass is 32.2. The average Bonchev–Trinajstić information content (AvgIpc) is 2.17. The van der Waals surface area contributed by atoms with E-state index in [0.29, 0.717) is 0 Å². The second-order valence-electron chi connectivity index (χ2n) is 2.46. The third-order valence-electron chi connectivity index (χ3n) is 1.65. The fourth-order valence-corrected chi connectivity index (χ4v) is 1.95. The van der Waals surface area contributed by atoms with Crippen LogP contribution in [0, 0.1) is 0 Å². The number of benzene rings is 1. The lowest BCUT2D eigenvalue weighted by molar-refractivity contribution is 1.01. The molecule has 0 saturated carbocycles. The summed E-state index contributed by atoms with van der Waals surface area (Å²) in [5, 5.41) is 0. The van der Waals surface area contributed by atoms with Gasteiger partial charge < -0.3 is 5.43 Å². The second kappa shape index (κ2) is 3.16. The van der Waals surface area contributed by atoms with Crippen LogP contribution < -0.4 is 11.3 Å². The van der Waals surface area contributed by atoms with Crippen molar-refractivity contribution in [3.05, 3.63) is 24.3 Å². The Bertz CT molecular complexity index is 322. The summed E-state index contributed by atoms with van der Waals surface area (Å²) in [6.45, 7) is 0. The summed E-state index contributed by atoms with van der Waals surface area (Å²) >= 11 is 1.75. The Morgan fingerprint density at radius 1 is 1.42 bits per heavy atom. The molecule has 62 valence electrons. The molecule has 1 aromatic rings. The Morgan fingerprint density at radius 2 is 2.25 bits per heavy atom. The van der Waals surface area contributed by atoms with Gasteiger partial charge in [0.1, 0.15) is 5.84 Å². The van der Waals surface area contributed by atoms with Crippen LogP contribution in [0.15, 0.2) is 34.2 Å². The van der Waals surface area contributed by atoms with Gasteiger partial charge in [0.25, 0.3) is 0 Å². The number of fused-ring (bicyclic) bond motifs is 1. The van der Waals surface area contributed by atoms with Gasteiger partial charge >= 0.3 is 0 Å². The van der Waals surface area contributed by atoms with Gasteiger partial charge in [-0.05, 0) is 12.1 Å². The van der Waals surface area contributed by atoms with Gasteiger partial charge in [-0.25, -0.2) is 10.8 Å². The van der Waals surface area contributed by atoms with Crippen LogP contribution in [0.25, 0.3) is 0 Å². The summed E-state index contributed by atoms with van der Waals surface area (Å²) in [7, 11) is 0. The van der Waals surface area contributed by atoms with Crippen molar-refractivity contribution in [1.82, 2.24) is 5.43 Å². The number of thioether (sulfide) groups is 1. The number of nitrogens with zero attached hydrogens (tertiary/aromatic N) is 1. The van der Waals surface area contributed by atoms with Gasteiger partial charge in [0.05, 0.1) is 11.4 Å². The summed E-state index contributed by atoms with van der Waals surface area (Å²) in [4.78, 5) is 5.54. The number of para-hydroxylation sites is 1. The number of rotatable bonds is 0. The molecule has 1 aliphatic heterocycles. The van der Waals surface area contributed by atoms with E-state index in [4.69, 9.17) is 5.84 Å². The van der Waals surface area contributed by atoms with Crippen molar-refractivity contribution >= 4 is 23.3 Å². The molecule has 3 N–H and O–H groups in total. The van der Waals surface area contributed by atoms with Gasteiger partial charge in [-0.15, -0.1) is 11.8 Å². The minimum Gasteiger partial charge on any atom is -0.311 e. The van der Waals surface area contributed by atoms with Crippen LogP contribution >= 0.6 is 11.8 Å². The Morgan fingerprint density at radius 3 is 3.08 bits per heavy atom. The lowest BCUT2D eigenvalue weighted by Crippen LogP contribution is -2.32. The molecule has 1 aromatic carbocycles. The minimum absolute atomic E-state index is 0.827. The maximum atomic E-state index is 5.27. The molecular weight excluding hydrogens is 170 g/mol. The zero-order valence-corrected chi connectivity index (χ0v) is 7.27. The number of nitrogens with one attached hydrogen (secondary N) is 1. The predicted octanol–water partition coefficient (Wildman–Crippen LogP) is 1.29. The smallest absolute Gasteiger partial charge is 0.127 e. The summed E-state index contributed by atoms with van der Waals surface area (Å²) in [5.41, 5.74) is 3.58. The lowest BCUT2D eigenvalue weighted by atomic mass is 10.3. The number of aliphatic imine (C=N–C) groups is 1. The van der Waals surface area contributed by atoms with E-state index in [1.807, 2.05) is 18.2 Å². The number of nitrogens with two attached hydrogens (primary N) is 1. The molecule has 0 fully saturated rings. The minimum atomic E-state index is 0.827. The highest BCUT2D eigenvalue weighted by molar-refractivity contribution is 8.00. The van der Waals surface area contributed by atoms with E-state index in [1.54, 1.807) is 11.8 Å². The molecule has 1 heterocycles. The van der Waals surface area contributed by atoms with E-state index in [1.165, 1.54) is 4.90 Å². The van der Waals surface area contributed by atoms with Crippen molar-refractivity contribution in [3.8, 4) is 0 Å². The van der Waals surface area contributed by atoms with Crippen molar-refractivity contribution in [2.45, 2.75) is 4.90 Å². The summed E-state index contributed by atoms with van der Waals surface area (Å²) in [5.74, 6) is 6.93. The molecule has 0 amide bonds. The highest BCUT2D eigenvalue weighted by Crippen LogP contribution is 2.32. The van der Waals surface area contributed by atoms with Crippen LogP contribution in [0.1, 0.15) is 0 Å². The molecule has 0 saturated heterocycles. The van der Waals surface area contributed by atoms with Gasteiger partial charge in [-0.3, -0.25) is 0 Å². The van der Waals surface area contributed by atoms with Gasteiger partial charge in [0.15, 0.2) is 0 Å². The molecule has 4 heteroatoms. The number of hydrogen-bond acceptors (Lipinski definition) is 4. The van der Waals surface area contributed by atoms with Crippen molar-refractivity contribution in [3.63, 3.8) is 0 Å². The zero-order chi connectivity index (χ0) is 8.39. The van der Waals surface area contributed by atoms with E-state index in [2.05, 4.69) is 16.5 Å². The molecule has 1 aliphatic rings. The largest absolute Gasteiger partial charge is 0.311 e. The van der Waals surface area contributed by atoms with E-state index in [-0.39, 0.29) is 0 Å². The van der Waals surface area contributed by atoms with Crippen molar-refractivity contribution in [1.29, 1.82) is 0 Å². The molecule has 12 heavy (non-hydrogen) atoms. The van der Waals surface area contributed by atoms with Crippen LogP contribution in [0.2, 0.25) is 0 Å². The molecule has 0 aromatic heterocycles. The molecule has 2 rings (SSSR count). The summed E-state index contributed by atoms with van der Waals surface area (Å²) in [6, 6.07) is 8.04. The fourth-order valence-electron chi connectivity index (χ4n) is 1.07. The molecule has 3 nitrogen and oxygen atoms in total. The molecule has 0 radical (unpaired) electrons. The van der Waals surface area contributed by atoms with Gasteiger partial charge in [0, 0.05) is 4.90 Å². The zero-order valence-electron chi connectivity index (χ0n) is 6.45. The van der Waals surface area contributed by atoms with Crippen LogP contribution in [-0.4, -0.2) is 11.6 Å². The van der Waals surface area contributed by atoms with Crippen LogP contribution in [0.3, 0.4) is 0 Å². The number of amidine groups is 1.